The number of halogens is 1. The second-order valence-corrected chi connectivity index (χ2v) is 9.91. The highest BCUT2D eigenvalue weighted by Gasteiger charge is 2.22. The van der Waals surface area contributed by atoms with E-state index in [0.29, 0.717) is 30.0 Å². The van der Waals surface area contributed by atoms with E-state index in [4.69, 9.17) is 0 Å². The molecule has 0 spiro atoms. The molecule has 0 aliphatic rings. The van der Waals surface area contributed by atoms with E-state index in [1.165, 1.54) is 29.3 Å². The Morgan fingerprint density at radius 1 is 1.00 bits per heavy atom. The lowest BCUT2D eigenvalue weighted by Crippen LogP contribution is -2.30. The highest BCUT2D eigenvalue weighted by Crippen LogP contribution is 2.24. The number of aromatic nitrogens is 3. The monoisotopic (exact) mass is 509 g/mol. The molecule has 0 aliphatic heterocycles. The van der Waals surface area contributed by atoms with Crippen molar-refractivity contribution in [3.8, 4) is 0 Å². The van der Waals surface area contributed by atoms with Crippen LogP contribution in [0.15, 0.2) is 77.0 Å². The highest BCUT2D eigenvalue weighted by atomic mass is 32.2. The number of nitrogens with zero attached hydrogens (tertiary/aromatic N) is 4. The normalized spacial score (nSPS) is 11.4. The first kappa shape index (κ1) is 25.0. The first-order chi connectivity index (χ1) is 17.2. The molecule has 4 aromatic rings. The number of imidazole rings is 1. The van der Waals surface area contributed by atoms with Gasteiger partial charge in [0.05, 0.1) is 15.4 Å². The third kappa shape index (κ3) is 5.10. The predicted octanol–water partition coefficient (Wildman–Crippen LogP) is 3.11. The zero-order chi connectivity index (χ0) is 25.9. The van der Waals surface area contributed by atoms with E-state index in [-0.39, 0.29) is 27.8 Å². The van der Waals surface area contributed by atoms with Crippen LogP contribution in [0.2, 0.25) is 0 Å². The minimum atomic E-state index is -4.08. The van der Waals surface area contributed by atoms with Crippen molar-refractivity contribution < 1.29 is 22.4 Å². The van der Waals surface area contributed by atoms with Crippen LogP contribution in [-0.2, 0) is 16.4 Å². The molecule has 1 N–H and O–H groups in total. The molecule has 2 amide bonds. The van der Waals surface area contributed by atoms with Crippen molar-refractivity contribution in [2.45, 2.75) is 30.2 Å². The van der Waals surface area contributed by atoms with Gasteiger partial charge >= 0.3 is 0 Å². The number of carbonyl (C=O) groups excluding carboxylic acids is 2. The molecule has 2 aromatic heterocycles. The first-order valence-corrected chi connectivity index (χ1v) is 12.7. The number of benzene rings is 2. The third-order valence-corrected chi connectivity index (χ3v) is 7.42. The molecular weight excluding hydrogens is 485 g/mol. The number of nitrogens with one attached hydrogen (secondary N) is 1. The summed E-state index contributed by atoms with van der Waals surface area (Å²) >= 11 is 0. The number of hydrogen-bond donors (Lipinski definition) is 1. The van der Waals surface area contributed by atoms with E-state index in [1.807, 2.05) is 0 Å². The van der Waals surface area contributed by atoms with Gasteiger partial charge in [-0.1, -0.05) is 12.1 Å². The first-order valence-electron chi connectivity index (χ1n) is 11.2. The average molecular weight is 510 g/mol. The van der Waals surface area contributed by atoms with Gasteiger partial charge in [0.1, 0.15) is 5.82 Å². The third-order valence-electron chi connectivity index (χ3n) is 5.67. The van der Waals surface area contributed by atoms with Gasteiger partial charge < -0.3 is 10.2 Å². The Balaban J connectivity index is 1.49. The molecule has 0 atom stereocenters. The number of fused-ring (bicyclic) bond motifs is 1. The molecule has 0 aliphatic carbocycles. The second-order valence-electron chi connectivity index (χ2n) is 7.96. The quantitative estimate of drug-likeness (QED) is 0.391. The van der Waals surface area contributed by atoms with E-state index in [9.17, 15) is 22.4 Å². The topological polar surface area (TPSA) is 114 Å². The molecule has 0 fully saturated rings. The van der Waals surface area contributed by atoms with Gasteiger partial charge in [0, 0.05) is 50.0 Å². The lowest BCUT2D eigenvalue weighted by atomic mass is 10.2. The van der Waals surface area contributed by atoms with Crippen molar-refractivity contribution in [1.29, 1.82) is 0 Å². The Bertz CT molecular complexity index is 1530. The van der Waals surface area contributed by atoms with Gasteiger partial charge in [0.15, 0.2) is 0 Å². The smallest absolute Gasteiger partial charge is 0.254 e. The van der Waals surface area contributed by atoms with Gasteiger partial charge in [-0.05, 0) is 49.7 Å². The molecule has 186 valence electrons. The van der Waals surface area contributed by atoms with Gasteiger partial charge in [0.25, 0.3) is 11.8 Å². The largest absolute Gasteiger partial charge is 0.348 e. The Hall–Kier alpha value is -4.12. The number of amides is 2. The Labute approximate surface area is 207 Å². The Kier molecular flexibility index (Phi) is 7.11. The van der Waals surface area contributed by atoms with Gasteiger partial charge in [-0.3, -0.25) is 14.0 Å². The second kappa shape index (κ2) is 10.2. The van der Waals surface area contributed by atoms with E-state index >= 15 is 0 Å². The number of sulfone groups is 1. The molecule has 0 saturated heterocycles. The average Bonchev–Trinajstić information content (AvgIpc) is 3.36. The van der Waals surface area contributed by atoms with Crippen LogP contribution in [0.5, 0.6) is 0 Å². The molecule has 2 heterocycles. The molecule has 9 nitrogen and oxygen atoms in total. The predicted molar refractivity (Wildman–Crippen MR) is 130 cm³/mol. The molecule has 0 unspecified atom stereocenters. The summed E-state index contributed by atoms with van der Waals surface area (Å²) in [6.45, 7) is 4.57. The molecule has 2 aromatic carbocycles. The summed E-state index contributed by atoms with van der Waals surface area (Å²) in [6, 6.07) is 9.01. The summed E-state index contributed by atoms with van der Waals surface area (Å²) in [7, 11) is -4.08. The van der Waals surface area contributed by atoms with Crippen LogP contribution >= 0.6 is 0 Å². The van der Waals surface area contributed by atoms with Gasteiger partial charge in [0.2, 0.25) is 15.6 Å². The minimum absolute atomic E-state index is 0.0278. The number of hydrogen-bond acceptors (Lipinski definition) is 6. The molecule has 36 heavy (non-hydrogen) atoms. The molecule has 0 bridgehead atoms. The zero-order valence-electron chi connectivity index (χ0n) is 19.7. The standard InChI is InChI=1S/C25H24FN5O4S/c1-3-30(4-2)24(33)18-11-20(26)13-22(12-18)36(34,35)21-7-5-17(6-8-21)14-28-23(32)19-15-29-25-27-9-10-31(25)16-19/h5-13,15-16H,3-4,14H2,1-2H3,(H,28,32). The molecule has 0 radical (unpaired) electrons. The summed E-state index contributed by atoms with van der Waals surface area (Å²) in [5.41, 5.74) is 0.983. The maximum atomic E-state index is 14.3. The fourth-order valence-electron chi connectivity index (χ4n) is 3.68. The van der Waals surface area contributed by atoms with Crippen molar-refractivity contribution >= 4 is 27.4 Å². The summed E-state index contributed by atoms with van der Waals surface area (Å²) in [4.78, 5) is 34.3. The van der Waals surface area contributed by atoms with Gasteiger partial charge in [-0.15, -0.1) is 0 Å². The SMILES string of the molecule is CCN(CC)C(=O)c1cc(F)cc(S(=O)(=O)c2ccc(CNC(=O)c3cnc4nccn4c3)cc2)c1. The van der Waals surface area contributed by atoms with Crippen LogP contribution in [0.25, 0.3) is 5.78 Å². The summed E-state index contributed by atoms with van der Waals surface area (Å²) in [6.07, 6.45) is 6.29. The van der Waals surface area contributed by atoms with Crippen molar-refractivity contribution in [1.82, 2.24) is 24.6 Å². The molecular formula is C25H24FN5O4S. The van der Waals surface area contributed by atoms with Crippen LogP contribution in [-0.4, -0.2) is 52.6 Å². The fourth-order valence-corrected chi connectivity index (χ4v) is 4.99. The maximum absolute atomic E-state index is 14.3. The van der Waals surface area contributed by atoms with Crippen LogP contribution in [0, 0.1) is 5.82 Å². The lowest BCUT2D eigenvalue weighted by Gasteiger charge is -2.19. The summed E-state index contributed by atoms with van der Waals surface area (Å²) in [5, 5.41) is 2.76. The van der Waals surface area contributed by atoms with E-state index < -0.39 is 21.6 Å². The summed E-state index contributed by atoms with van der Waals surface area (Å²) in [5.74, 6) is -1.12. The Morgan fingerprint density at radius 2 is 1.72 bits per heavy atom. The Morgan fingerprint density at radius 3 is 2.42 bits per heavy atom. The summed E-state index contributed by atoms with van der Waals surface area (Å²) < 4.78 is 42.2. The molecule has 11 heteroatoms. The van der Waals surface area contributed by atoms with Gasteiger partial charge in [-0.25, -0.2) is 22.8 Å². The fraction of sp³-hybridized carbons (Fsp3) is 0.200. The van der Waals surface area contributed by atoms with E-state index in [2.05, 4.69) is 15.3 Å². The van der Waals surface area contributed by atoms with Crippen molar-refractivity contribution in [2.75, 3.05) is 13.1 Å². The maximum Gasteiger partial charge on any atom is 0.254 e. The van der Waals surface area contributed by atoms with Crippen molar-refractivity contribution in [3.05, 3.63) is 89.8 Å². The minimum Gasteiger partial charge on any atom is -0.348 e. The zero-order valence-corrected chi connectivity index (χ0v) is 20.5. The number of carbonyl (C=O) groups is 2. The highest BCUT2D eigenvalue weighted by molar-refractivity contribution is 7.91. The van der Waals surface area contributed by atoms with Crippen LogP contribution < -0.4 is 5.32 Å². The van der Waals surface area contributed by atoms with Crippen LogP contribution in [0.1, 0.15) is 40.1 Å². The van der Waals surface area contributed by atoms with Crippen LogP contribution in [0.3, 0.4) is 0 Å². The van der Waals surface area contributed by atoms with Crippen LogP contribution in [0.4, 0.5) is 4.39 Å². The van der Waals surface area contributed by atoms with Gasteiger partial charge in [-0.2, -0.15) is 0 Å². The van der Waals surface area contributed by atoms with Crippen molar-refractivity contribution in [2.24, 2.45) is 0 Å². The number of rotatable bonds is 8. The molecule has 0 saturated carbocycles. The van der Waals surface area contributed by atoms with E-state index in [1.54, 1.807) is 49.0 Å². The van der Waals surface area contributed by atoms with E-state index in [0.717, 1.165) is 12.1 Å². The van der Waals surface area contributed by atoms with Crippen molar-refractivity contribution in [3.63, 3.8) is 0 Å². The molecule has 4 rings (SSSR count). The lowest BCUT2D eigenvalue weighted by molar-refractivity contribution is 0.0772.